The number of hydrogen-bond acceptors (Lipinski definition) is 2. The number of alkyl halides is 3. The molecule has 0 saturated carbocycles. The Labute approximate surface area is 120 Å². The SMILES string of the molecule is CC(C)N(CCNc1ccccc1Br)CC(F)(F)F. The van der Waals surface area contributed by atoms with Crippen LogP contribution in [0.3, 0.4) is 0 Å². The third kappa shape index (κ3) is 6.29. The smallest absolute Gasteiger partial charge is 0.383 e. The van der Waals surface area contributed by atoms with Gasteiger partial charge in [0.25, 0.3) is 0 Å². The molecule has 19 heavy (non-hydrogen) atoms. The van der Waals surface area contributed by atoms with Crippen LogP contribution in [0, 0.1) is 0 Å². The number of halogens is 4. The zero-order valence-electron chi connectivity index (χ0n) is 11.0. The van der Waals surface area contributed by atoms with Crippen molar-refractivity contribution in [1.82, 2.24) is 4.90 Å². The molecule has 0 atom stereocenters. The lowest BCUT2D eigenvalue weighted by Gasteiger charge is -2.27. The second-order valence-corrected chi connectivity index (χ2v) is 5.44. The summed E-state index contributed by atoms with van der Waals surface area (Å²) >= 11 is 3.39. The van der Waals surface area contributed by atoms with Gasteiger partial charge in [-0.3, -0.25) is 4.90 Å². The van der Waals surface area contributed by atoms with Crippen LogP contribution in [0.25, 0.3) is 0 Å². The Morgan fingerprint density at radius 2 is 1.89 bits per heavy atom. The highest BCUT2D eigenvalue weighted by Gasteiger charge is 2.31. The minimum atomic E-state index is -4.16. The lowest BCUT2D eigenvalue weighted by Crippen LogP contribution is -2.41. The zero-order chi connectivity index (χ0) is 14.5. The maximum Gasteiger partial charge on any atom is 0.401 e. The molecule has 1 N–H and O–H groups in total. The summed E-state index contributed by atoms with van der Waals surface area (Å²) in [4.78, 5) is 1.41. The van der Waals surface area contributed by atoms with Crippen LogP contribution in [0.4, 0.5) is 18.9 Å². The van der Waals surface area contributed by atoms with Gasteiger partial charge in [-0.05, 0) is 41.9 Å². The number of para-hydroxylation sites is 1. The molecule has 2 nitrogen and oxygen atoms in total. The van der Waals surface area contributed by atoms with Gasteiger partial charge in [0.15, 0.2) is 0 Å². The van der Waals surface area contributed by atoms with Gasteiger partial charge in [-0.15, -0.1) is 0 Å². The van der Waals surface area contributed by atoms with Crippen molar-refractivity contribution in [2.45, 2.75) is 26.1 Å². The third-order valence-corrected chi connectivity index (χ3v) is 3.39. The average Bonchev–Trinajstić information content (AvgIpc) is 2.28. The molecule has 0 aliphatic heterocycles. The number of hydrogen-bond donors (Lipinski definition) is 1. The minimum Gasteiger partial charge on any atom is -0.383 e. The number of nitrogens with one attached hydrogen (secondary N) is 1. The summed E-state index contributed by atoms with van der Waals surface area (Å²) in [6, 6.07) is 7.40. The molecule has 1 aromatic rings. The van der Waals surface area contributed by atoms with Crippen molar-refractivity contribution >= 4 is 21.6 Å². The summed E-state index contributed by atoms with van der Waals surface area (Å²) < 4.78 is 38.1. The van der Waals surface area contributed by atoms with Crippen LogP contribution in [0.5, 0.6) is 0 Å². The molecular formula is C13H18BrF3N2. The summed E-state index contributed by atoms with van der Waals surface area (Å²) in [5.74, 6) is 0. The Balaban J connectivity index is 2.47. The molecule has 0 amide bonds. The van der Waals surface area contributed by atoms with Crippen LogP contribution in [0.2, 0.25) is 0 Å². The summed E-state index contributed by atoms with van der Waals surface area (Å²) in [7, 11) is 0. The van der Waals surface area contributed by atoms with Crippen LogP contribution >= 0.6 is 15.9 Å². The first kappa shape index (κ1) is 16.3. The highest BCUT2D eigenvalue weighted by molar-refractivity contribution is 9.10. The second kappa shape index (κ2) is 7.14. The molecule has 0 unspecified atom stereocenters. The van der Waals surface area contributed by atoms with Gasteiger partial charge in [0.1, 0.15) is 0 Å². The monoisotopic (exact) mass is 338 g/mol. The summed E-state index contributed by atoms with van der Waals surface area (Å²) in [6.45, 7) is 3.48. The molecule has 6 heteroatoms. The van der Waals surface area contributed by atoms with Gasteiger partial charge in [0, 0.05) is 29.3 Å². The Morgan fingerprint density at radius 3 is 2.42 bits per heavy atom. The average molecular weight is 339 g/mol. The highest BCUT2D eigenvalue weighted by atomic mass is 79.9. The molecule has 0 aliphatic carbocycles. The van der Waals surface area contributed by atoms with E-state index in [0.29, 0.717) is 13.1 Å². The summed E-state index contributed by atoms with van der Waals surface area (Å²) in [5.41, 5.74) is 0.887. The first-order valence-electron chi connectivity index (χ1n) is 6.09. The molecule has 0 saturated heterocycles. The second-order valence-electron chi connectivity index (χ2n) is 4.59. The Bertz CT molecular complexity index is 394. The van der Waals surface area contributed by atoms with Crippen molar-refractivity contribution in [2.24, 2.45) is 0 Å². The fraction of sp³-hybridized carbons (Fsp3) is 0.538. The van der Waals surface area contributed by atoms with Crippen molar-refractivity contribution in [3.8, 4) is 0 Å². The molecule has 1 rings (SSSR count). The maximum atomic E-state index is 12.4. The van der Waals surface area contributed by atoms with Gasteiger partial charge < -0.3 is 5.32 Å². The van der Waals surface area contributed by atoms with Gasteiger partial charge in [-0.1, -0.05) is 12.1 Å². The maximum absolute atomic E-state index is 12.4. The minimum absolute atomic E-state index is 0.136. The standard InChI is InChI=1S/C13H18BrF3N2/c1-10(2)19(9-13(15,16)17)8-7-18-12-6-4-3-5-11(12)14/h3-6,10,18H,7-9H2,1-2H3. The lowest BCUT2D eigenvalue weighted by atomic mass is 10.3. The van der Waals surface area contributed by atoms with Gasteiger partial charge >= 0.3 is 6.18 Å². The number of anilines is 1. The largest absolute Gasteiger partial charge is 0.401 e. The summed E-state index contributed by atoms with van der Waals surface area (Å²) in [5, 5.41) is 3.13. The molecule has 108 valence electrons. The number of benzene rings is 1. The molecular weight excluding hydrogens is 321 g/mol. The van der Waals surface area contributed by atoms with Crippen molar-refractivity contribution in [1.29, 1.82) is 0 Å². The van der Waals surface area contributed by atoms with Gasteiger partial charge in [0.2, 0.25) is 0 Å². The van der Waals surface area contributed by atoms with Crippen LogP contribution < -0.4 is 5.32 Å². The molecule has 0 radical (unpaired) electrons. The normalized spacial score (nSPS) is 12.2. The van der Waals surface area contributed by atoms with Crippen LogP contribution in [0.15, 0.2) is 28.7 Å². The Morgan fingerprint density at radius 1 is 1.26 bits per heavy atom. The third-order valence-electron chi connectivity index (χ3n) is 2.70. The van der Waals surface area contributed by atoms with Crippen molar-refractivity contribution in [3.05, 3.63) is 28.7 Å². The number of nitrogens with zero attached hydrogens (tertiary/aromatic N) is 1. The van der Waals surface area contributed by atoms with Gasteiger partial charge in [-0.25, -0.2) is 0 Å². The molecule has 0 heterocycles. The van der Waals surface area contributed by atoms with Gasteiger partial charge in [-0.2, -0.15) is 13.2 Å². The van der Waals surface area contributed by atoms with E-state index < -0.39 is 12.7 Å². The van der Waals surface area contributed by atoms with E-state index in [1.165, 1.54) is 4.90 Å². The van der Waals surface area contributed by atoms with E-state index in [4.69, 9.17) is 0 Å². The zero-order valence-corrected chi connectivity index (χ0v) is 12.6. The van der Waals surface area contributed by atoms with E-state index in [0.717, 1.165) is 10.2 Å². The predicted molar refractivity (Wildman–Crippen MR) is 75.4 cm³/mol. The van der Waals surface area contributed by atoms with E-state index in [2.05, 4.69) is 21.2 Å². The van der Waals surface area contributed by atoms with E-state index >= 15 is 0 Å². The fourth-order valence-corrected chi connectivity index (χ4v) is 2.11. The van der Waals surface area contributed by atoms with Crippen LogP contribution in [0.1, 0.15) is 13.8 Å². The molecule has 0 aromatic heterocycles. The molecule has 0 aliphatic rings. The molecule has 0 fully saturated rings. The molecule has 1 aromatic carbocycles. The van der Waals surface area contributed by atoms with Crippen LogP contribution in [-0.4, -0.2) is 36.8 Å². The van der Waals surface area contributed by atoms with Gasteiger partial charge in [0.05, 0.1) is 6.54 Å². The topological polar surface area (TPSA) is 15.3 Å². The molecule has 0 bridgehead atoms. The van der Waals surface area contributed by atoms with Crippen molar-refractivity contribution < 1.29 is 13.2 Å². The Kier molecular flexibility index (Phi) is 6.13. The highest BCUT2D eigenvalue weighted by Crippen LogP contribution is 2.21. The quantitative estimate of drug-likeness (QED) is 0.838. The summed E-state index contributed by atoms with van der Waals surface area (Å²) in [6.07, 6.45) is -4.16. The van der Waals surface area contributed by atoms with Crippen LogP contribution in [-0.2, 0) is 0 Å². The van der Waals surface area contributed by atoms with E-state index in [1.54, 1.807) is 13.8 Å². The lowest BCUT2D eigenvalue weighted by molar-refractivity contribution is -0.149. The predicted octanol–water partition coefficient (Wildman–Crippen LogP) is 4.13. The first-order valence-corrected chi connectivity index (χ1v) is 6.88. The number of rotatable bonds is 6. The molecule has 0 spiro atoms. The van der Waals surface area contributed by atoms with E-state index in [-0.39, 0.29) is 6.04 Å². The first-order chi connectivity index (χ1) is 8.79. The van der Waals surface area contributed by atoms with E-state index in [1.807, 2.05) is 24.3 Å². The van der Waals surface area contributed by atoms with Crippen molar-refractivity contribution in [3.63, 3.8) is 0 Å². The fourth-order valence-electron chi connectivity index (χ4n) is 1.69. The Hall–Kier alpha value is -0.750. The van der Waals surface area contributed by atoms with E-state index in [9.17, 15) is 13.2 Å². The van der Waals surface area contributed by atoms with Crippen molar-refractivity contribution in [2.75, 3.05) is 25.0 Å².